The normalized spacial score (nSPS) is 11.1. The number of ether oxygens (including phenoxy) is 1. The van der Waals surface area contributed by atoms with Crippen molar-refractivity contribution in [1.82, 2.24) is 9.55 Å². The average molecular weight is 393 g/mol. The van der Waals surface area contributed by atoms with Crippen LogP contribution in [0.15, 0.2) is 77.8 Å². The summed E-state index contributed by atoms with van der Waals surface area (Å²) in [5.41, 5.74) is 2.05. The average Bonchev–Trinajstić information content (AvgIpc) is 2.97. The highest BCUT2D eigenvalue weighted by Crippen LogP contribution is 2.23. The summed E-state index contributed by atoms with van der Waals surface area (Å²) < 4.78 is 9.06. The lowest BCUT2D eigenvalue weighted by molar-refractivity contribution is 0.292. The second kappa shape index (κ2) is 6.73. The van der Waals surface area contributed by atoms with Gasteiger partial charge in [0, 0.05) is 4.48 Å². The Morgan fingerprint density at radius 1 is 1.00 bits per heavy atom. The number of hydrogen-bond donors (Lipinski definition) is 0. The van der Waals surface area contributed by atoms with Gasteiger partial charge < -0.3 is 9.30 Å². The van der Waals surface area contributed by atoms with Gasteiger partial charge in [0.2, 0.25) is 0 Å². The predicted molar refractivity (Wildman–Crippen MR) is 106 cm³/mol. The fourth-order valence-corrected chi connectivity index (χ4v) is 3.24. The van der Waals surface area contributed by atoms with Gasteiger partial charge in [0.25, 0.3) is 0 Å². The molecule has 0 amide bonds. The highest BCUT2D eigenvalue weighted by molar-refractivity contribution is 9.11. The SMILES string of the molecule is C=C(Br)Cn1c(COc2ccc3ccccc3c2)nc2ccccc21. The van der Waals surface area contributed by atoms with Gasteiger partial charge in [-0.2, -0.15) is 0 Å². The molecule has 3 aromatic carbocycles. The van der Waals surface area contributed by atoms with Crippen LogP contribution < -0.4 is 4.74 Å². The molecule has 25 heavy (non-hydrogen) atoms. The maximum absolute atomic E-state index is 6.02. The fraction of sp³-hybridized carbons (Fsp3) is 0.0952. The van der Waals surface area contributed by atoms with Gasteiger partial charge in [-0.15, -0.1) is 0 Å². The first-order chi connectivity index (χ1) is 12.2. The molecular weight excluding hydrogens is 376 g/mol. The van der Waals surface area contributed by atoms with Crippen molar-refractivity contribution in [3.63, 3.8) is 0 Å². The van der Waals surface area contributed by atoms with E-state index in [4.69, 9.17) is 9.72 Å². The molecule has 1 aromatic heterocycles. The summed E-state index contributed by atoms with van der Waals surface area (Å²) in [7, 11) is 0. The molecule has 0 bridgehead atoms. The summed E-state index contributed by atoms with van der Waals surface area (Å²) in [6.45, 7) is 5.03. The van der Waals surface area contributed by atoms with E-state index in [2.05, 4.69) is 57.4 Å². The van der Waals surface area contributed by atoms with Gasteiger partial charge >= 0.3 is 0 Å². The van der Waals surface area contributed by atoms with E-state index in [0.717, 1.165) is 27.1 Å². The molecule has 0 aliphatic heterocycles. The van der Waals surface area contributed by atoms with E-state index >= 15 is 0 Å². The lowest BCUT2D eigenvalue weighted by Crippen LogP contribution is -2.07. The molecule has 0 radical (unpaired) electrons. The van der Waals surface area contributed by atoms with Gasteiger partial charge in [0.05, 0.1) is 17.6 Å². The van der Waals surface area contributed by atoms with Crippen molar-refractivity contribution in [2.45, 2.75) is 13.2 Å². The van der Waals surface area contributed by atoms with Gasteiger partial charge in [-0.05, 0) is 35.0 Å². The summed E-state index contributed by atoms with van der Waals surface area (Å²) in [6.07, 6.45) is 0. The van der Waals surface area contributed by atoms with Crippen LogP contribution in [-0.2, 0) is 13.2 Å². The van der Waals surface area contributed by atoms with Crippen molar-refractivity contribution >= 4 is 37.7 Å². The molecule has 0 saturated heterocycles. The minimum absolute atomic E-state index is 0.410. The molecule has 0 spiro atoms. The predicted octanol–water partition coefficient (Wildman–Crippen LogP) is 5.68. The van der Waals surface area contributed by atoms with E-state index in [-0.39, 0.29) is 0 Å². The number of rotatable bonds is 5. The van der Waals surface area contributed by atoms with Crippen LogP contribution in [0, 0.1) is 0 Å². The Kier molecular flexibility index (Phi) is 4.28. The van der Waals surface area contributed by atoms with Crippen LogP contribution in [0.2, 0.25) is 0 Å². The van der Waals surface area contributed by atoms with Crippen molar-refractivity contribution in [2.24, 2.45) is 0 Å². The summed E-state index contributed by atoms with van der Waals surface area (Å²) in [6, 6.07) is 22.5. The summed E-state index contributed by atoms with van der Waals surface area (Å²) in [5.74, 6) is 1.73. The molecule has 4 heteroatoms. The quantitative estimate of drug-likeness (QED) is 0.436. The molecule has 4 aromatic rings. The number of para-hydroxylation sites is 2. The Morgan fingerprint density at radius 3 is 2.60 bits per heavy atom. The van der Waals surface area contributed by atoms with E-state index in [1.54, 1.807) is 0 Å². The highest BCUT2D eigenvalue weighted by Gasteiger charge is 2.11. The number of hydrogen-bond acceptors (Lipinski definition) is 2. The minimum atomic E-state index is 0.410. The topological polar surface area (TPSA) is 27.1 Å². The lowest BCUT2D eigenvalue weighted by Gasteiger charge is -2.10. The Morgan fingerprint density at radius 2 is 1.76 bits per heavy atom. The molecule has 0 fully saturated rings. The van der Waals surface area contributed by atoms with Gasteiger partial charge in [0.1, 0.15) is 18.2 Å². The van der Waals surface area contributed by atoms with E-state index < -0.39 is 0 Å². The first-order valence-corrected chi connectivity index (χ1v) is 8.89. The van der Waals surface area contributed by atoms with Crippen LogP contribution in [0.1, 0.15) is 5.82 Å². The molecule has 0 unspecified atom stereocenters. The Hall–Kier alpha value is -2.59. The Labute approximate surface area is 154 Å². The van der Waals surface area contributed by atoms with Crippen LogP contribution in [-0.4, -0.2) is 9.55 Å². The number of allylic oxidation sites excluding steroid dienone is 1. The first kappa shape index (κ1) is 15.9. The molecule has 0 N–H and O–H groups in total. The molecule has 4 rings (SSSR count). The third kappa shape index (κ3) is 3.30. The monoisotopic (exact) mass is 392 g/mol. The maximum atomic E-state index is 6.02. The van der Waals surface area contributed by atoms with Crippen molar-refractivity contribution in [3.8, 4) is 5.75 Å². The van der Waals surface area contributed by atoms with Gasteiger partial charge in [-0.3, -0.25) is 0 Å². The third-order valence-electron chi connectivity index (χ3n) is 4.15. The number of fused-ring (bicyclic) bond motifs is 2. The summed E-state index contributed by atoms with van der Waals surface area (Å²) in [5, 5.41) is 2.38. The Bertz CT molecular complexity index is 1070. The molecule has 1 heterocycles. The van der Waals surface area contributed by atoms with Crippen LogP contribution in [0.25, 0.3) is 21.8 Å². The lowest BCUT2D eigenvalue weighted by atomic mass is 10.1. The van der Waals surface area contributed by atoms with Crippen molar-refractivity contribution in [3.05, 3.63) is 83.6 Å². The second-order valence-electron chi connectivity index (χ2n) is 5.92. The minimum Gasteiger partial charge on any atom is -0.486 e. The zero-order chi connectivity index (χ0) is 17.2. The van der Waals surface area contributed by atoms with Crippen molar-refractivity contribution in [2.75, 3.05) is 0 Å². The van der Waals surface area contributed by atoms with E-state index in [1.165, 1.54) is 10.8 Å². The summed E-state index contributed by atoms with van der Waals surface area (Å²) in [4.78, 5) is 4.72. The molecule has 0 aliphatic carbocycles. The van der Waals surface area contributed by atoms with E-state index in [9.17, 15) is 0 Å². The number of aromatic nitrogens is 2. The van der Waals surface area contributed by atoms with Crippen LogP contribution in [0.4, 0.5) is 0 Å². The van der Waals surface area contributed by atoms with E-state index in [1.807, 2.05) is 36.4 Å². The molecule has 3 nitrogen and oxygen atoms in total. The van der Waals surface area contributed by atoms with Gasteiger partial charge in [-0.1, -0.05) is 65.0 Å². The molecule has 0 aliphatic rings. The van der Waals surface area contributed by atoms with Crippen LogP contribution >= 0.6 is 15.9 Å². The standard InChI is InChI=1S/C21H17BrN2O/c1-15(22)13-24-20-9-5-4-8-19(20)23-21(24)14-25-18-11-10-16-6-2-3-7-17(16)12-18/h2-12H,1,13-14H2. The smallest absolute Gasteiger partial charge is 0.148 e. The molecule has 0 atom stereocenters. The zero-order valence-electron chi connectivity index (χ0n) is 13.7. The summed E-state index contributed by atoms with van der Waals surface area (Å²) >= 11 is 3.45. The maximum Gasteiger partial charge on any atom is 0.148 e. The third-order valence-corrected chi connectivity index (χ3v) is 4.40. The second-order valence-corrected chi connectivity index (χ2v) is 7.04. The van der Waals surface area contributed by atoms with E-state index in [0.29, 0.717) is 13.2 Å². The largest absolute Gasteiger partial charge is 0.486 e. The van der Waals surface area contributed by atoms with Gasteiger partial charge in [-0.25, -0.2) is 4.98 Å². The fourth-order valence-electron chi connectivity index (χ4n) is 2.99. The molecular formula is C21H17BrN2O. The molecule has 0 saturated carbocycles. The van der Waals surface area contributed by atoms with Crippen LogP contribution in [0.3, 0.4) is 0 Å². The Balaban J connectivity index is 1.64. The number of nitrogens with zero attached hydrogens (tertiary/aromatic N) is 2. The zero-order valence-corrected chi connectivity index (χ0v) is 15.2. The number of benzene rings is 3. The highest BCUT2D eigenvalue weighted by atomic mass is 79.9. The first-order valence-electron chi connectivity index (χ1n) is 8.10. The van der Waals surface area contributed by atoms with Crippen LogP contribution in [0.5, 0.6) is 5.75 Å². The van der Waals surface area contributed by atoms with Gasteiger partial charge in [0.15, 0.2) is 0 Å². The molecule has 124 valence electrons. The number of imidazole rings is 1. The van der Waals surface area contributed by atoms with Crippen molar-refractivity contribution < 1.29 is 4.74 Å². The van der Waals surface area contributed by atoms with Crippen molar-refractivity contribution in [1.29, 1.82) is 0 Å². The number of halogens is 1.